The van der Waals surface area contributed by atoms with Crippen LogP contribution in [0, 0.1) is 17.8 Å². The van der Waals surface area contributed by atoms with E-state index in [4.69, 9.17) is 5.11 Å². The molecule has 0 saturated carbocycles. The third kappa shape index (κ3) is 5.31. The lowest BCUT2D eigenvalue weighted by molar-refractivity contribution is -0.143. The van der Waals surface area contributed by atoms with Crippen LogP contribution in [0.2, 0.25) is 0 Å². The Labute approximate surface area is 154 Å². The first-order chi connectivity index (χ1) is 12.3. The minimum Gasteiger partial charge on any atom is -0.481 e. The number of benzene rings is 1. The first-order valence-corrected chi connectivity index (χ1v) is 9.20. The van der Waals surface area contributed by atoms with Crippen molar-refractivity contribution < 1.29 is 19.5 Å². The summed E-state index contributed by atoms with van der Waals surface area (Å²) in [7, 11) is 0. The predicted octanol–water partition coefficient (Wildman–Crippen LogP) is 3.24. The summed E-state index contributed by atoms with van der Waals surface area (Å²) in [5, 5.41) is 11.9. The molecule has 2 amide bonds. The molecular formula is C20H28N2O4. The zero-order valence-electron chi connectivity index (χ0n) is 15.7. The summed E-state index contributed by atoms with van der Waals surface area (Å²) in [6, 6.07) is 6.87. The number of carbonyl (C=O) groups is 3. The Balaban J connectivity index is 1.89. The largest absolute Gasteiger partial charge is 0.481 e. The summed E-state index contributed by atoms with van der Waals surface area (Å²) in [5.41, 5.74) is 1.22. The van der Waals surface area contributed by atoms with E-state index in [0.717, 1.165) is 0 Å². The molecule has 1 fully saturated rings. The van der Waals surface area contributed by atoms with Gasteiger partial charge in [-0.05, 0) is 48.9 Å². The van der Waals surface area contributed by atoms with Gasteiger partial charge in [0.1, 0.15) is 0 Å². The lowest BCUT2D eigenvalue weighted by atomic mass is 9.94. The van der Waals surface area contributed by atoms with Crippen molar-refractivity contribution in [1.29, 1.82) is 0 Å². The van der Waals surface area contributed by atoms with Crippen LogP contribution >= 0.6 is 0 Å². The van der Waals surface area contributed by atoms with Crippen LogP contribution in [0.25, 0.3) is 0 Å². The molecule has 26 heavy (non-hydrogen) atoms. The van der Waals surface area contributed by atoms with Crippen molar-refractivity contribution in [1.82, 2.24) is 4.90 Å². The van der Waals surface area contributed by atoms with E-state index in [1.54, 1.807) is 29.2 Å². The number of amides is 2. The average Bonchev–Trinajstić information content (AvgIpc) is 2.61. The Morgan fingerprint density at radius 2 is 1.69 bits per heavy atom. The summed E-state index contributed by atoms with van der Waals surface area (Å²) < 4.78 is 0. The van der Waals surface area contributed by atoms with E-state index >= 15 is 0 Å². The van der Waals surface area contributed by atoms with Crippen LogP contribution in [-0.2, 0) is 9.59 Å². The van der Waals surface area contributed by atoms with Crippen LogP contribution in [0.4, 0.5) is 5.69 Å². The number of likely N-dealkylation sites (tertiary alicyclic amines) is 1. The highest BCUT2D eigenvalue weighted by molar-refractivity contribution is 5.96. The zero-order chi connectivity index (χ0) is 19.3. The van der Waals surface area contributed by atoms with Crippen molar-refractivity contribution in [3.8, 4) is 0 Å². The number of carbonyl (C=O) groups excluding carboxylic acids is 2. The molecule has 1 aromatic carbocycles. The lowest BCUT2D eigenvalue weighted by Gasteiger charge is -2.30. The minimum atomic E-state index is -0.788. The number of anilines is 1. The zero-order valence-corrected chi connectivity index (χ0v) is 15.7. The number of aliphatic carboxylic acids is 1. The normalized spacial score (nSPS) is 16.4. The Hall–Kier alpha value is -2.37. The van der Waals surface area contributed by atoms with E-state index in [9.17, 15) is 14.4 Å². The van der Waals surface area contributed by atoms with Gasteiger partial charge in [-0.25, -0.2) is 0 Å². The van der Waals surface area contributed by atoms with Crippen LogP contribution in [0.15, 0.2) is 24.3 Å². The highest BCUT2D eigenvalue weighted by Gasteiger charge is 2.27. The van der Waals surface area contributed by atoms with Gasteiger partial charge in [0, 0.05) is 30.8 Å². The molecule has 0 aliphatic carbocycles. The van der Waals surface area contributed by atoms with Gasteiger partial charge in [0.25, 0.3) is 5.91 Å². The molecule has 1 heterocycles. The molecule has 6 nitrogen and oxygen atoms in total. The summed E-state index contributed by atoms with van der Waals surface area (Å²) in [6.45, 7) is 7.16. The number of carboxylic acid groups (broad SMARTS) is 1. The monoisotopic (exact) mass is 360 g/mol. The molecule has 142 valence electrons. The van der Waals surface area contributed by atoms with Crippen LogP contribution in [0.5, 0.6) is 0 Å². The average molecular weight is 360 g/mol. The van der Waals surface area contributed by atoms with Crippen molar-refractivity contribution in [2.45, 2.75) is 40.0 Å². The van der Waals surface area contributed by atoms with Crippen molar-refractivity contribution in [3.05, 3.63) is 29.8 Å². The fourth-order valence-electron chi connectivity index (χ4n) is 2.95. The molecule has 0 aromatic heterocycles. The van der Waals surface area contributed by atoms with Gasteiger partial charge in [0.15, 0.2) is 0 Å². The second kappa shape index (κ2) is 8.83. The number of piperidine rings is 1. The number of hydrogen-bond acceptors (Lipinski definition) is 3. The number of nitrogens with one attached hydrogen (secondary N) is 1. The van der Waals surface area contributed by atoms with E-state index in [1.165, 1.54) is 0 Å². The maximum atomic E-state index is 12.5. The van der Waals surface area contributed by atoms with Gasteiger partial charge < -0.3 is 15.3 Å². The quantitative estimate of drug-likeness (QED) is 0.815. The molecule has 6 heteroatoms. The van der Waals surface area contributed by atoms with E-state index in [1.807, 2.05) is 0 Å². The van der Waals surface area contributed by atoms with Crippen LogP contribution in [-0.4, -0.2) is 40.9 Å². The molecule has 2 N–H and O–H groups in total. The molecule has 1 aromatic rings. The predicted molar refractivity (Wildman–Crippen MR) is 100.0 cm³/mol. The van der Waals surface area contributed by atoms with Gasteiger partial charge in [0.2, 0.25) is 5.91 Å². The first kappa shape index (κ1) is 19.9. The molecule has 1 unspecified atom stereocenters. The van der Waals surface area contributed by atoms with Crippen molar-refractivity contribution in [2.24, 2.45) is 17.8 Å². The highest BCUT2D eigenvalue weighted by atomic mass is 16.4. The molecule has 1 aliphatic heterocycles. The third-order valence-corrected chi connectivity index (χ3v) is 5.19. The Morgan fingerprint density at radius 1 is 1.12 bits per heavy atom. The maximum Gasteiger partial charge on any atom is 0.306 e. The smallest absolute Gasteiger partial charge is 0.306 e. The van der Waals surface area contributed by atoms with Crippen molar-refractivity contribution in [2.75, 3.05) is 18.4 Å². The Kier molecular flexibility index (Phi) is 6.77. The second-order valence-corrected chi connectivity index (χ2v) is 7.46. The summed E-state index contributed by atoms with van der Waals surface area (Å²) in [4.78, 5) is 37.3. The molecule has 0 bridgehead atoms. The number of hydrogen-bond donors (Lipinski definition) is 2. The Morgan fingerprint density at radius 3 is 2.19 bits per heavy atom. The van der Waals surface area contributed by atoms with Crippen molar-refractivity contribution in [3.63, 3.8) is 0 Å². The standard InChI is InChI=1S/C20H28N2O4/c1-13(2)14(3)12-18(23)21-17-6-4-15(5-7-17)19(24)22-10-8-16(9-11-22)20(25)26/h4-7,13-14,16H,8-12H2,1-3H3,(H,21,23)(H,25,26). The fourth-order valence-corrected chi connectivity index (χ4v) is 2.95. The Bertz CT molecular complexity index is 646. The van der Waals surface area contributed by atoms with Gasteiger partial charge in [-0.2, -0.15) is 0 Å². The SMILES string of the molecule is CC(C)C(C)CC(=O)Nc1ccc(C(=O)N2CCC(C(=O)O)CC2)cc1. The second-order valence-electron chi connectivity index (χ2n) is 7.46. The van der Waals surface area contributed by atoms with Crippen LogP contribution in [0.3, 0.4) is 0 Å². The molecule has 1 aliphatic rings. The molecule has 1 atom stereocenters. The molecule has 0 radical (unpaired) electrons. The molecule has 0 spiro atoms. The summed E-state index contributed by atoms with van der Waals surface area (Å²) in [5.74, 6) is -0.509. The van der Waals surface area contributed by atoms with Gasteiger partial charge in [-0.3, -0.25) is 14.4 Å². The van der Waals surface area contributed by atoms with E-state index in [0.29, 0.717) is 55.4 Å². The van der Waals surface area contributed by atoms with Crippen LogP contribution in [0.1, 0.15) is 50.4 Å². The summed E-state index contributed by atoms with van der Waals surface area (Å²) >= 11 is 0. The van der Waals surface area contributed by atoms with E-state index in [-0.39, 0.29) is 17.7 Å². The fraction of sp³-hybridized carbons (Fsp3) is 0.550. The maximum absolute atomic E-state index is 12.5. The highest BCUT2D eigenvalue weighted by Crippen LogP contribution is 2.20. The van der Waals surface area contributed by atoms with Gasteiger partial charge in [-0.15, -0.1) is 0 Å². The number of carboxylic acids is 1. The first-order valence-electron chi connectivity index (χ1n) is 9.20. The molecule has 1 saturated heterocycles. The van der Waals surface area contributed by atoms with Crippen molar-refractivity contribution >= 4 is 23.5 Å². The van der Waals surface area contributed by atoms with Gasteiger partial charge >= 0.3 is 5.97 Å². The van der Waals surface area contributed by atoms with E-state index < -0.39 is 5.97 Å². The lowest BCUT2D eigenvalue weighted by Crippen LogP contribution is -2.40. The van der Waals surface area contributed by atoms with Crippen LogP contribution < -0.4 is 5.32 Å². The number of rotatable bonds is 6. The third-order valence-electron chi connectivity index (χ3n) is 5.19. The van der Waals surface area contributed by atoms with Gasteiger partial charge in [0.05, 0.1) is 5.92 Å². The van der Waals surface area contributed by atoms with E-state index in [2.05, 4.69) is 26.1 Å². The molecular weight excluding hydrogens is 332 g/mol. The number of nitrogens with zero attached hydrogens (tertiary/aromatic N) is 1. The minimum absolute atomic E-state index is 0.0268. The topological polar surface area (TPSA) is 86.7 Å². The summed E-state index contributed by atoms with van der Waals surface area (Å²) in [6.07, 6.45) is 1.45. The van der Waals surface area contributed by atoms with Gasteiger partial charge in [-0.1, -0.05) is 20.8 Å². The molecule has 2 rings (SSSR count).